The number of rotatable bonds is 7. The molecule has 0 bridgehead atoms. The van der Waals surface area contributed by atoms with Crippen LogP contribution in [0.3, 0.4) is 0 Å². The van der Waals surface area contributed by atoms with Gasteiger partial charge >= 0.3 is 0 Å². The Morgan fingerprint density at radius 1 is 1.40 bits per heavy atom. The minimum atomic E-state index is -0.118. The van der Waals surface area contributed by atoms with Crippen molar-refractivity contribution in [2.24, 2.45) is 11.8 Å². The monoisotopic (exact) mass is 280 g/mol. The zero-order chi connectivity index (χ0) is 15.1. The van der Waals surface area contributed by atoms with Gasteiger partial charge in [-0.05, 0) is 5.92 Å². The molecule has 0 unspecified atom stereocenters. The van der Waals surface area contributed by atoms with Crippen LogP contribution in [0.4, 0.5) is 5.82 Å². The fourth-order valence-electron chi connectivity index (χ4n) is 1.68. The van der Waals surface area contributed by atoms with Gasteiger partial charge in [0.1, 0.15) is 0 Å². The Hall–Kier alpha value is -1.85. The van der Waals surface area contributed by atoms with Crippen LogP contribution in [0, 0.1) is 11.8 Å². The molecular weight excluding hydrogens is 256 g/mol. The molecule has 0 saturated heterocycles. The van der Waals surface area contributed by atoms with Gasteiger partial charge in [0, 0.05) is 20.6 Å². The minimum absolute atomic E-state index is 0.0111. The number of carbonyl (C=O) groups excluding carboxylic acids is 1. The number of hydrogen-bond acceptors (Lipinski definition) is 5. The Morgan fingerprint density at radius 3 is 2.70 bits per heavy atom. The molecule has 1 rings (SSSR count). The van der Waals surface area contributed by atoms with Crippen molar-refractivity contribution >= 4 is 11.7 Å². The summed E-state index contributed by atoms with van der Waals surface area (Å²) in [4.78, 5) is 21.9. The van der Waals surface area contributed by atoms with Crippen molar-refractivity contribution < 1.29 is 9.53 Å². The fraction of sp³-hybridized carbons (Fsp3) is 0.643. The molecule has 0 fully saturated rings. The van der Waals surface area contributed by atoms with Gasteiger partial charge in [-0.15, -0.1) is 0 Å². The van der Waals surface area contributed by atoms with Crippen LogP contribution < -0.4 is 15.0 Å². The molecule has 6 nitrogen and oxygen atoms in total. The number of amides is 1. The Labute approximate surface area is 120 Å². The summed E-state index contributed by atoms with van der Waals surface area (Å²) in [6.07, 6.45) is 3.26. The number of aromatic nitrogens is 2. The molecule has 0 aromatic carbocycles. The summed E-state index contributed by atoms with van der Waals surface area (Å²) in [5.41, 5.74) is 0. The minimum Gasteiger partial charge on any atom is -0.476 e. The van der Waals surface area contributed by atoms with Gasteiger partial charge in [0.2, 0.25) is 11.8 Å². The summed E-state index contributed by atoms with van der Waals surface area (Å²) in [5, 5.41) is 2.64. The predicted molar refractivity (Wildman–Crippen MR) is 78.9 cm³/mol. The lowest BCUT2D eigenvalue weighted by atomic mass is 10.1. The topological polar surface area (TPSA) is 67.4 Å². The molecule has 1 atom stereocenters. The van der Waals surface area contributed by atoms with E-state index in [0.29, 0.717) is 30.8 Å². The number of nitrogens with one attached hydrogen (secondary N) is 1. The van der Waals surface area contributed by atoms with Crippen molar-refractivity contribution in [3.05, 3.63) is 12.4 Å². The van der Waals surface area contributed by atoms with Crippen LogP contribution >= 0.6 is 0 Å². The molecule has 1 N–H and O–H groups in total. The van der Waals surface area contributed by atoms with Gasteiger partial charge in [0.25, 0.3) is 0 Å². The highest BCUT2D eigenvalue weighted by atomic mass is 16.5. The van der Waals surface area contributed by atoms with Crippen molar-refractivity contribution in [1.82, 2.24) is 15.3 Å². The summed E-state index contributed by atoms with van der Waals surface area (Å²) in [6, 6.07) is 0. The average molecular weight is 280 g/mol. The van der Waals surface area contributed by atoms with E-state index in [9.17, 15) is 4.79 Å². The first-order valence-corrected chi connectivity index (χ1v) is 6.81. The third-order valence-corrected chi connectivity index (χ3v) is 2.80. The molecule has 1 heterocycles. The maximum absolute atomic E-state index is 11.5. The molecule has 0 radical (unpaired) electrons. The van der Waals surface area contributed by atoms with Crippen LogP contribution in [0.25, 0.3) is 0 Å². The van der Waals surface area contributed by atoms with Crippen LogP contribution in [-0.4, -0.2) is 43.1 Å². The van der Waals surface area contributed by atoms with Crippen molar-refractivity contribution in [1.29, 1.82) is 0 Å². The highest BCUT2D eigenvalue weighted by Crippen LogP contribution is 2.14. The van der Waals surface area contributed by atoms with E-state index in [1.54, 1.807) is 19.4 Å². The second-order valence-electron chi connectivity index (χ2n) is 5.32. The lowest BCUT2D eigenvalue weighted by Gasteiger charge is -2.21. The lowest BCUT2D eigenvalue weighted by Crippen LogP contribution is -2.34. The van der Waals surface area contributed by atoms with Crippen LogP contribution in [0.15, 0.2) is 12.4 Å². The number of ether oxygens (including phenoxy) is 1. The first-order chi connectivity index (χ1) is 9.43. The lowest BCUT2D eigenvalue weighted by molar-refractivity contribution is -0.123. The summed E-state index contributed by atoms with van der Waals surface area (Å²) in [7, 11) is 3.52. The summed E-state index contributed by atoms with van der Waals surface area (Å²) < 4.78 is 5.55. The summed E-state index contributed by atoms with van der Waals surface area (Å²) in [5.74, 6) is 1.54. The average Bonchev–Trinajstić information content (AvgIpc) is 2.44. The standard InChI is InChI=1S/C14H24N4O2/c1-10(2)9-20-13-7-16-6-12(17-13)18(5)8-11(3)14(19)15-4/h6-7,10-11H,8-9H2,1-5H3,(H,15,19)/t11-/m1/s1. The van der Waals surface area contributed by atoms with Crippen molar-refractivity contribution in [2.45, 2.75) is 20.8 Å². The third kappa shape index (κ3) is 5.03. The van der Waals surface area contributed by atoms with Gasteiger partial charge in [0.05, 0.1) is 24.9 Å². The maximum atomic E-state index is 11.5. The second kappa shape index (κ2) is 7.67. The van der Waals surface area contributed by atoms with Crippen molar-refractivity contribution in [2.75, 3.05) is 32.1 Å². The first-order valence-electron chi connectivity index (χ1n) is 6.81. The van der Waals surface area contributed by atoms with Crippen LogP contribution in [-0.2, 0) is 4.79 Å². The highest BCUT2D eigenvalue weighted by Gasteiger charge is 2.15. The molecule has 20 heavy (non-hydrogen) atoms. The summed E-state index contributed by atoms with van der Waals surface area (Å²) in [6.45, 7) is 7.21. The van der Waals surface area contributed by atoms with Crippen LogP contribution in [0.5, 0.6) is 5.88 Å². The van der Waals surface area contributed by atoms with Gasteiger partial charge < -0.3 is 15.0 Å². The molecule has 1 aromatic heterocycles. The predicted octanol–water partition coefficient (Wildman–Crippen LogP) is 1.33. The van der Waals surface area contributed by atoms with Crippen molar-refractivity contribution in [3.63, 3.8) is 0 Å². The Morgan fingerprint density at radius 2 is 2.10 bits per heavy atom. The van der Waals surface area contributed by atoms with E-state index in [4.69, 9.17) is 4.74 Å². The summed E-state index contributed by atoms with van der Waals surface area (Å²) >= 11 is 0. The highest BCUT2D eigenvalue weighted by molar-refractivity contribution is 5.78. The smallest absolute Gasteiger partial charge is 0.234 e. The van der Waals surface area contributed by atoms with Gasteiger partial charge in [-0.1, -0.05) is 20.8 Å². The zero-order valence-corrected chi connectivity index (χ0v) is 12.9. The van der Waals surface area contributed by atoms with Gasteiger partial charge in [-0.3, -0.25) is 9.78 Å². The van der Waals surface area contributed by atoms with E-state index in [-0.39, 0.29) is 11.8 Å². The van der Waals surface area contributed by atoms with Gasteiger partial charge in [-0.2, -0.15) is 4.98 Å². The molecule has 0 aliphatic heterocycles. The first kappa shape index (κ1) is 16.2. The Kier molecular flexibility index (Phi) is 6.21. The van der Waals surface area contributed by atoms with E-state index in [1.165, 1.54) is 0 Å². The van der Waals surface area contributed by atoms with E-state index in [1.807, 2.05) is 18.9 Å². The molecule has 0 saturated carbocycles. The van der Waals surface area contributed by atoms with E-state index >= 15 is 0 Å². The van der Waals surface area contributed by atoms with Crippen LogP contribution in [0.1, 0.15) is 20.8 Å². The SMILES string of the molecule is CNC(=O)[C@H](C)CN(C)c1cncc(OCC(C)C)n1. The van der Waals surface area contributed by atoms with Gasteiger partial charge in [-0.25, -0.2) is 0 Å². The van der Waals surface area contributed by atoms with Crippen LogP contribution in [0.2, 0.25) is 0 Å². The Balaban J connectivity index is 2.66. The molecule has 112 valence electrons. The zero-order valence-electron chi connectivity index (χ0n) is 12.9. The number of nitrogens with zero attached hydrogens (tertiary/aromatic N) is 3. The quantitative estimate of drug-likeness (QED) is 0.816. The molecule has 0 spiro atoms. The molecule has 6 heteroatoms. The number of hydrogen-bond donors (Lipinski definition) is 1. The number of carbonyl (C=O) groups is 1. The number of anilines is 1. The van der Waals surface area contributed by atoms with E-state index < -0.39 is 0 Å². The largest absolute Gasteiger partial charge is 0.476 e. The van der Waals surface area contributed by atoms with E-state index in [2.05, 4.69) is 29.1 Å². The maximum Gasteiger partial charge on any atom is 0.234 e. The molecule has 1 aromatic rings. The normalized spacial score (nSPS) is 12.1. The van der Waals surface area contributed by atoms with Crippen molar-refractivity contribution in [3.8, 4) is 5.88 Å². The molecule has 0 aliphatic rings. The Bertz CT molecular complexity index is 437. The fourth-order valence-corrected chi connectivity index (χ4v) is 1.68. The van der Waals surface area contributed by atoms with Gasteiger partial charge in [0.15, 0.2) is 5.82 Å². The molecular formula is C14H24N4O2. The molecule has 1 amide bonds. The molecule has 0 aliphatic carbocycles. The third-order valence-electron chi connectivity index (χ3n) is 2.80. The second-order valence-corrected chi connectivity index (χ2v) is 5.32. The van der Waals surface area contributed by atoms with E-state index in [0.717, 1.165) is 0 Å².